The first-order valence-electron chi connectivity index (χ1n) is 7.96. The van der Waals surface area contributed by atoms with E-state index in [1.54, 1.807) is 0 Å². The molecule has 0 amide bonds. The van der Waals surface area contributed by atoms with E-state index in [9.17, 15) is 8.78 Å². The van der Waals surface area contributed by atoms with Gasteiger partial charge in [-0.25, -0.2) is 8.78 Å². The Morgan fingerprint density at radius 2 is 2.33 bits per heavy atom. The molecule has 2 aliphatic heterocycles. The highest BCUT2D eigenvalue weighted by atomic mass is 32.2. The molecule has 0 aromatic heterocycles. The molecule has 1 N–H and O–H groups in total. The van der Waals surface area contributed by atoms with Crippen molar-refractivity contribution in [1.29, 1.82) is 0 Å². The quantitative estimate of drug-likeness (QED) is 0.696. The summed E-state index contributed by atoms with van der Waals surface area (Å²) in [6.07, 6.45) is 1.72. The van der Waals surface area contributed by atoms with Crippen molar-refractivity contribution in [1.82, 2.24) is 5.32 Å². The van der Waals surface area contributed by atoms with Crippen LogP contribution in [0.1, 0.15) is 32.6 Å². The molecule has 0 saturated carbocycles. The predicted molar refractivity (Wildman–Crippen MR) is 82.3 cm³/mol. The van der Waals surface area contributed by atoms with Gasteiger partial charge in [0.05, 0.1) is 5.60 Å². The standard InChI is InChI=1S/C15H27F2NO2S/c1-2-18-13(4-6-19-10-14(16)17)12-3-7-20-15(9-12)5-8-21-11-15/h12-14,18H,2-11H2,1H3. The second-order valence-electron chi connectivity index (χ2n) is 6.01. The van der Waals surface area contributed by atoms with Crippen molar-refractivity contribution < 1.29 is 18.3 Å². The molecule has 3 nitrogen and oxygen atoms in total. The van der Waals surface area contributed by atoms with Gasteiger partial charge in [-0.05, 0) is 43.9 Å². The Balaban J connectivity index is 1.81. The lowest BCUT2D eigenvalue weighted by molar-refractivity contribution is -0.0869. The van der Waals surface area contributed by atoms with Gasteiger partial charge in [-0.3, -0.25) is 0 Å². The second kappa shape index (κ2) is 8.65. The van der Waals surface area contributed by atoms with Crippen LogP contribution in [0, 0.1) is 5.92 Å². The van der Waals surface area contributed by atoms with Crippen LogP contribution in [-0.2, 0) is 9.47 Å². The van der Waals surface area contributed by atoms with E-state index in [-0.39, 0.29) is 5.60 Å². The van der Waals surface area contributed by atoms with Gasteiger partial charge in [0, 0.05) is 25.0 Å². The smallest absolute Gasteiger partial charge is 0.261 e. The van der Waals surface area contributed by atoms with E-state index in [1.807, 2.05) is 11.8 Å². The first kappa shape index (κ1) is 17.4. The Labute approximate surface area is 130 Å². The third-order valence-corrected chi connectivity index (χ3v) is 5.67. The van der Waals surface area contributed by atoms with Crippen molar-refractivity contribution >= 4 is 11.8 Å². The van der Waals surface area contributed by atoms with E-state index in [4.69, 9.17) is 9.47 Å². The summed E-state index contributed by atoms with van der Waals surface area (Å²) in [5.74, 6) is 2.85. The lowest BCUT2D eigenvalue weighted by atomic mass is 9.80. The van der Waals surface area contributed by atoms with Crippen LogP contribution in [0.2, 0.25) is 0 Å². The van der Waals surface area contributed by atoms with Gasteiger partial charge in [0.15, 0.2) is 0 Å². The maximum absolute atomic E-state index is 12.1. The van der Waals surface area contributed by atoms with Gasteiger partial charge in [0.25, 0.3) is 6.43 Å². The van der Waals surface area contributed by atoms with Crippen LogP contribution in [0.3, 0.4) is 0 Å². The normalized spacial score (nSPS) is 31.1. The van der Waals surface area contributed by atoms with Gasteiger partial charge in [0.1, 0.15) is 6.61 Å². The lowest BCUT2D eigenvalue weighted by Gasteiger charge is -2.41. The molecule has 0 aromatic carbocycles. The molecule has 21 heavy (non-hydrogen) atoms. The maximum Gasteiger partial charge on any atom is 0.261 e. The number of hydrogen-bond acceptors (Lipinski definition) is 4. The van der Waals surface area contributed by atoms with Crippen LogP contribution in [0.5, 0.6) is 0 Å². The molecule has 0 bridgehead atoms. The van der Waals surface area contributed by atoms with E-state index in [1.165, 1.54) is 5.75 Å². The topological polar surface area (TPSA) is 30.5 Å². The van der Waals surface area contributed by atoms with E-state index in [0.717, 1.165) is 44.6 Å². The van der Waals surface area contributed by atoms with Gasteiger partial charge in [-0.1, -0.05) is 6.92 Å². The molecule has 2 heterocycles. The Kier molecular flexibility index (Phi) is 7.19. The first-order chi connectivity index (χ1) is 10.2. The minimum Gasteiger partial charge on any atom is -0.375 e. The van der Waals surface area contributed by atoms with Gasteiger partial charge < -0.3 is 14.8 Å². The molecule has 2 fully saturated rings. The van der Waals surface area contributed by atoms with E-state index < -0.39 is 13.0 Å². The third-order valence-electron chi connectivity index (χ3n) is 4.45. The van der Waals surface area contributed by atoms with Crippen molar-refractivity contribution in [2.24, 2.45) is 5.92 Å². The van der Waals surface area contributed by atoms with Crippen LogP contribution >= 0.6 is 11.8 Å². The van der Waals surface area contributed by atoms with Gasteiger partial charge in [0.2, 0.25) is 0 Å². The molecular weight excluding hydrogens is 296 g/mol. The molecule has 124 valence electrons. The minimum absolute atomic E-state index is 0.0745. The molecule has 2 saturated heterocycles. The van der Waals surface area contributed by atoms with Crippen LogP contribution in [-0.4, -0.2) is 55.9 Å². The van der Waals surface area contributed by atoms with Gasteiger partial charge >= 0.3 is 0 Å². The van der Waals surface area contributed by atoms with Crippen LogP contribution in [0.25, 0.3) is 0 Å². The molecule has 0 aliphatic carbocycles. The first-order valence-corrected chi connectivity index (χ1v) is 9.11. The summed E-state index contributed by atoms with van der Waals surface area (Å²) < 4.78 is 35.3. The number of hydrogen-bond donors (Lipinski definition) is 1. The summed E-state index contributed by atoms with van der Waals surface area (Å²) in [6.45, 7) is 3.77. The summed E-state index contributed by atoms with van der Waals surface area (Å²) >= 11 is 1.98. The van der Waals surface area contributed by atoms with Crippen molar-refractivity contribution in [3.63, 3.8) is 0 Å². The Bertz CT molecular complexity index is 301. The highest BCUT2D eigenvalue weighted by molar-refractivity contribution is 7.99. The van der Waals surface area contributed by atoms with Crippen molar-refractivity contribution in [3.8, 4) is 0 Å². The zero-order valence-corrected chi connectivity index (χ0v) is 13.6. The summed E-state index contributed by atoms with van der Waals surface area (Å²) in [5, 5.41) is 3.52. The molecule has 3 atom stereocenters. The number of alkyl halides is 2. The van der Waals surface area contributed by atoms with Crippen LogP contribution < -0.4 is 5.32 Å². The Hall–Kier alpha value is 0.0900. The van der Waals surface area contributed by atoms with Gasteiger partial charge in [-0.15, -0.1) is 0 Å². The molecule has 2 aliphatic rings. The van der Waals surface area contributed by atoms with Crippen molar-refractivity contribution in [2.75, 3.05) is 37.9 Å². The average molecular weight is 323 g/mol. The Morgan fingerprint density at radius 3 is 3.00 bits per heavy atom. The predicted octanol–water partition coefficient (Wildman–Crippen LogP) is 2.94. The lowest BCUT2D eigenvalue weighted by Crippen LogP contribution is -2.47. The number of halogens is 2. The fraction of sp³-hybridized carbons (Fsp3) is 1.00. The molecule has 6 heteroatoms. The average Bonchev–Trinajstić information content (AvgIpc) is 2.90. The second-order valence-corrected chi connectivity index (χ2v) is 7.11. The van der Waals surface area contributed by atoms with Crippen molar-refractivity contribution in [3.05, 3.63) is 0 Å². The number of nitrogens with one attached hydrogen (secondary N) is 1. The summed E-state index contributed by atoms with van der Waals surface area (Å²) in [6, 6.07) is 0.346. The minimum atomic E-state index is -2.37. The SMILES string of the molecule is CCNC(CCOCC(F)F)C1CCOC2(CCSC2)C1. The summed E-state index contributed by atoms with van der Waals surface area (Å²) in [4.78, 5) is 0. The molecule has 2 rings (SSSR count). The fourth-order valence-electron chi connectivity index (χ4n) is 3.42. The highest BCUT2D eigenvalue weighted by Gasteiger charge is 2.42. The zero-order valence-electron chi connectivity index (χ0n) is 12.8. The largest absolute Gasteiger partial charge is 0.375 e. The number of rotatable bonds is 8. The Morgan fingerprint density at radius 1 is 1.48 bits per heavy atom. The monoisotopic (exact) mass is 323 g/mol. The number of thioether (sulfide) groups is 1. The van der Waals surface area contributed by atoms with Crippen LogP contribution in [0.15, 0.2) is 0 Å². The number of ether oxygens (including phenoxy) is 2. The fourth-order valence-corrected chi connectivity index (χ4v) is 4.80. The third kappa shape index (κ3) is 5.34. The highest BCUT2D eigenvalue weighted by Crippen LogP contribution is 2.41. The van der Waals surface area contributed by atoms with Gasteiger partial charge in [-0.2, -0.15) is 11.8 Å². The maximum atomic E-state index is 12.1. The van der Waals surface area contributed by atoms with Crippen LogP contribution in [0.4, 0.5) is 8.78 Å². The van der Waals surface area contributed by atoms with E-state index in [0.29, 0.717) is 18.6 Å². The molecule has 0 radical (unpaired) electrons. The zero-order chi connectivity index (χ0) is 15.1. The summed E-state index contributed by atoms with van der Waals surface area (Å²) in [5.41, 5.74) is 0.0745. The van der Waals surface area contributed by atoms with E-state index in [2.05, 4.69) is 12.2 Å². The summed E-state index contributed by atoms with van der Waals surface area (Å²) in [7, 11) is 0. The molecule has 1 spiro atoms. The molecule has 0 aromatic rings. The molecular formula is C15H27F2NO2S. The van der Waals surface area contributed by atoms with E-state index >= 15 is 0 Å². The van der Waals surface area contributed by atoms with Crippen molar-refractivity contribution in [2.45, 2.75) is 50.7 Å². The molecule has 3 unspecified atom stereocenters.